The van der Waals surface area contributed by atoms with Crippen molar-refractivity contribution in [1.29, 1.82) is 0 Å². The normalized spacial score (nSPS) is 12.5. The molecule has 1 unspecified atom stereocenters. The first kappa shape index (κ1) is 9.71. The summed E-state index contributed by atoms with van der Waals surface area (Å²) < 4.78 is 0.924. The number of ketones is 1. The van der Waals surface area contributed by atoms with Gasteiger partial charge in [0.2, 0.25) is 12.4 Å². The predicted molar refractivity (Wildman–Crippen MR) is 47.6 cm³/mol. The molecule has 0 aliphatic carbocycles. The second kappa shape index (κ2) is 4.03. The van der Waals surface area contributed by atoms with Crippen molar-refractivity contribution in [3.05, 3.63) is 30.1 Å². The van der Waals surface area contributed by atoms with Crippen LogP contribution in [0.15, 0.2) is 24.5 Å². The van der Waals surface area contributed by atoms with Crippen LogP contribution in [0, 0.1) is 5.92 Å². The Morgan fingerprint density at radius 1 is 1.54 bits per heavy atom. The Hall–Kier alpha value is -1.38. The number of nitrogens with zero attached hydrogens (tertiary/aromatic N) is 1. The lowest BCUT2D eigenvalue weighted by Crippen LogP contribution is -2.28. The van der Waals surface area contributed by atoms with Crippen molar-refractivity contribution in [3.63, 3.8) is 0 Å². The van der Waals surface area contributed by atoms with E-state index < -0.39 is 0 Å². The number of pyridine rings is 1. The first-order chi connectivity index (χ1) is 6.15. The molecule has 0 bridgehead atoms. The van der Waals surface area contributed by atoms with Crippen LogP contribution in [0.25, 0.3) is 0 Å². The van der Waals surface area contributed by atoms with E-state index in [1.54, 1.807) is 12.1 Å². The van der Waals surface area contributed by atoms with Crippen molar-refractivity contribution in [3.8, 4) is 0 Å². The molecule has 0 amide bonds. The molecule has 0 spiro atoms. The number of hydrogen-bond acceptors (Lipinski definition) is 2. The average Bonchev–Trinajstić information content (AvgIpc) is 2.17. The van der Waals surface area contributed by atoms with Gasteiger partial charge < -0.3 is 0 Å². The zero-order chi connectivity index (χ0) is 9.84. The summed E-state index contributed by atoms with van der Waals surface area (Å²) in [7, 11) is 0. The van der Waals surface area contributed by atoms with Crippen molar-refractivity contribution < 1.29 is 14.7 Å². The van der Waals surface area contributed by atoms with Gasteiger partial charge in [0.05, 0.1) is 0 Å². The number of Topliss-reactive ketones (excluding diaryl/α,β-unsaturated/α-hetero) is 1. The zero-order valence-electron chi connectivity index (χ0n) is 7.90. The van der Waals surface area contributed by atoms with Crippen LogP contribution >= 0.6 is 0 Å². The summed E-state index contributed by atoms with van der Waals surface area (Å²) in [6, 6.07) is 3.24. The first-order valence-corrected chi connectivity index (χ1v) is 4.40. The van der Waals surface area contributed by atoms with Gasteiger partial charge in [0.25, 0.3) is 0 Å². The van der Waals surface area contributed by atoms with E-state index in [4.69, 9.17) is 5.21 Å². The Labute approximate surface area is 77.6 Å². The molecule has 1 atom stereocenters. The Balaban J connectivity index is 2.83. The van der Waals surface area contributed by atoms with Gasteiger partial charge in [-0.1, -0.05) is 13.8 Å². The van der Waals surface area contributed by atoms with E-state index >= 15 is 0 Å². The standard InChI is InChI=1S/C10H14NO2/c1-3-8(2)10(12)9-4-6-11(13)7-5-9/h4-8,13H,3H2,1-2H3/q+1. The molecule has 0 aliphatic rings. The molecule has 1 aromatic heterocycles. The third-order valence-corrected chi connectivity index (χ3v) is 2.16. The number of rotatable bonds is 3. The minimum Gasteiger partial charge on any atom is -0.294 e. The second-order valence-corrected chi connectivity index (χ2v) is 3.14. The van der Waals surface area contributed by atoms with Gasteiger partial charge in [-0.3, -0.25) is 10.0 Å². The number of hydrogen-bond donors (Lipinski definition) is 1. The molecular formula is C10H14NO2+. The third-order valence-electron chi connectivity index (χ3n) is 2.16. The molecule has 0 radical (unpaired) electrons. The van der Waals surface area contributed by atoms with E-state index in [1.165, 1.54) is 12.4 Å². The van der Waals surface area contributed by atoms with E-state index in [0.717, 1.165) is 11.2 Å². The predicted octanol–water partition coefficient (Wildman–Crippen LogP) is 1.44. The van der Waals surface area contributed by atoms with Crippen LogP contribution in [-0.2, 0) is 0 Å². The lowest BCUT2D eigenvalue weighted by atomic mass is 9.98. The summed E-state index contributed by atoms with van der Waals surface area (Å²) in [4.78, 5) is 11.6. The van der Waals surface area contributed by atoms with Gasteiger partial charge in [-0.15, -0.1) is 0 Å². The van der Waals surface area contributed by atoms with Gasteiger partial charge >= 0.3 is 0 Å². The maximum absolute atomic E-state index is 11.6. The third kappa shape index (κ3) is 2.28. The highest BCUT2D eigenvalue weighted by atomic mass is 16.5. The highest BCUT2D eigenvalue weighted by Gasteiger charge is 2.13. The van der Waals surface area contributed by atoms with Gasteiger partial charge in [0.1, 0.15) is 0 Å². The maximum atomic E-state index is 11.6. The summed E-state index contributed by atoms with van der Waals surface area (Å²) >= 11 is 0. The molecule has 1 heterocycles. The monoisotopic (exact) mass is 180 g/mol. The van der Waals surface area contributed by atoms with Gasteiger partial charge in [-0.2, -0.15) is 0 Å². The minimum absolute atomic E-state index is 0.0505. The molecule has 3 heteroatoms. The van der Waals surface area contributed by atoms with Gasteiger partial charge in [0, 0.05) is 28.3 Å². The quantitative estimate of drug-likeness (QED) is 0.434. The smallest absolute Gasteiger partial charge is 0.222 e. The number of aromatic nitrogens is 1. The van der Waals surface area contributed by atoms with Gasteiger partial charge in [-0.05, 0) is 6.42 Å². The molecular weight excluding hydrogens is 166 g/mol. The van der Waals surface area contributed by atoms with E-state index in [0.29, 0.717) is 5.56 Å². The fraction of sp³-hybridized carbons (Fsp3) is 0.400. The highest BCUT2D eigenvalue weighted by molar-refractivity contribution is 5.97. The fourth-order valence-corrected chi connectivity index (χ4v) is 1.05. The van der Waals surface area contributed by atoms with E-state index in [1.807, 2.05) is 13.8 Å². The highest BCUT2D eigenvalue weighted by Crippen LogP contribution is 2.09. The molecule has 0 saturated heterocycles. The van der Waals surface area contributed by atoms with Crippen LogP contribution in [0.2, 0.25) is 0 Å². The first-order valence-electron chi connectivity index (χ1n) is 4.40. The molecule has 3 nitrogen and oxygen atoms in total. The van der Waals surface area contributed by atoms with Crippen molar-refractivity contribution in [1.82, 2.24) is 0 Å². The largest absolute Gasteiger partial charge is 0.294 e. The second-order valence-electron chi connectivity index (χ2n) is 3.14. The summed E-state index contributed by atoms with van der Waals surface area (Å²) in [5.41, 5.74) is 0.652. The molecule has 1 aromatic rings. The Morgan fingerprint density at radius 3 is 2.54 bits per heavy atom. The molecule has 0 aromatic carbocycles. The molecule has 0 aliphatic heterocycles. The summed E-state index contributed by atoms with van der Waals surface area (Å²) in [5, 5.41) is 8.94. The molecule has 1 rings (SSSR count). The maximum Gasteiger partial charge on any atom is 0.222 e. The van der Waals surface area contributed by atoms with Crippen molar-refractivity contribution in [2.75, 3.05) is 0 Å². The summed E-state index contributed by atoms with van der Waals surface area (Å²) in [5.74, 6) is 0.178. The average molecular weight is 180 g/mol. The van der Waals surface area contributed by atoms with Gasteiger partial charge in [0.15, 0.2) is 5.78 Å². The van der Waals surface area contributed by atoms with E-state index in [2.05, 4.69) is 0 Å². The van der Waals surface area contributed by atoms with Crippen LogP contribution in [0.3, 0.4) is 0 Å². The van der Waals surface area contributed by atoms with Crippen LogP contribution < -0.4 is 4.73 Å². The lowest BCUT2D eigenvalue weighted by Gasteiger charge is -2.05. The Kier molecular flexibility index (Phi) is 3.01. The molecule has 1 N–H and O–H groups in total. The van der Waals surface area contributed by atoms with Crippen LogP contribution in [0.5, 0.6) is 0 Å². The number of carbonyl (C=O) groups is 1. The lowest BCUT2D eigenvalue weighted by molar-refractivity contribution is -0.904. The van der Waals surface area contributed by atoms with E-state index in [-0.39, 0.29) is 11.7 Å². The van der Waals surface area contributed by atoms with Crippen LogP contribution in [-0.4, -0.2) is 11.0 Å². The summed E-state index contributed by atoms with van der Waals surface area (Å²) in [6.45, 7) is 3.89. The molecule has 0 fully saturated rings. The summed E-state index contributed by atoms with van der Waals surface area (Å²) in [6.07, 6.45) is 3.75. The topological polar surface area (TPSA) is 41.2 Å². The van der Waals surface area contributed by atoms with Crippen molar-refractivity contribution in [2.45, 2.75) is 20.3 Å². The van der Waals surface area contributed by atoms with Gasteiger partial charge in [-0.25, -0.2) is 0 Å². The van der Waals surface area contributed by atoms with Crippen molar-refractivity contribution in [2.24, 2.45) is 5.92 Å². The zero-order valence-corrected chi connectivity index (χ0v) is 7.90. The minimum atomic E-state index is 0.0505. The molecule has 70 valence electrons. The van der Waals surface area contributed by atoms with Crippen LogP contribution in [0.1, 0.15) is 30.6 Å². The van der Waals surface area contributed by atoms with Crippen LogP contribution in [0.4, 0.5) is 0 Å². The number of carbonyl (C=O) groups excluding carboxylic acids is 1. The molecule has 13 heavy (non-hydrogen) atoms. The SMILES string of the molecule is CCC(C)C(=O)c1cc[n+](O)cc1. The van der Waals surface area contributed by atoms with E-state index in [9.17, 15) is 4.79 Å². The fourth-order valence-electron chi connectivity index (χ4n) is 1.05. The Morgan fingerprint density at radius 2 is 2.08 bits per heavy atom. The Bertz CT molecular complexity index is 292. The molecule has 0 saturated carbocycles. The van der Waals surface area contributed by atoms with Crippen molar-refractivity contribution >= 4 is 5.78 Å².